The summed E-state index contributed by atoms with van der Waals surface area (Å²) in [6, 6.07) is 6.23. The fourth-order valence-corrected chi connectivity index (χ4v) is 5.01. The van der Waals surface area contributed by atoms with Gasteiger partial charge < -0.3 is 14.6 Å². The van der Waals surface area contributed by atoms with Crippen molar-refractivity contribution in [2.75, 3.05) is 19.6 Å². The van der Waals surface area contributed by atoms with Crippen LogP contribution >= 0.6 is 11.6 Å². The van der Waals surface area contributed by atoms with E-state index in [1.807, 2.05) is 6.07 Å². The summed E-state index contributed by atoms with van der Waals surface area (Å²) in [6.45, 7) is 3.69. The Labute approximate surface area is 155 Å². The minimum Gasteiger partial charge on any atom is -0.390 e. The highest BCUT2D eigenvalue weighted by Crippen LogP contribution is 2.35. The van der Waals surface area contributed by atoms with Crippen molar-refractivity contribution >= 4 is 22.5 Å². The van der Waals surface area contributed by atoms with Crippen LogP contribution in [0.4, 0.5) is 0 Å². The van der Waals surface area contributed by atoms with Crippen LogP contribution in [0.15, 0.2) is 18.2 Å². The van der Waals surface area contributed by atoms with Crippen molar-refractivity contribution in [3.05, 3.63) is 34.5 Å². The first-order chi connectivity index (χ1) is 12.2. The number of rotatable bonds is 4. The molecule has 1 aliphatic carbocycles. The number of benzene rings is 1. The highest BCUT2D eigenvalue weighted by atomic mass is 35.5. The number of fused-ring (bicyclic) bond motifs is 3. The molecule has 0 spiro atoms. The maximum Gasteiger partial charge on any atom is 0.0845 e. The molecule has 1 N–H and O–H groups in total. The molecule has 1 saturated heterocycles. The summed E-state index contributed by atoms with van der Waals surface area (Å²) in [5.41, 5.74) is 4.00. The zero-order valence-electron chi connectivity index (χ0n) is 15.0. The molecule has 1 atom stereocenters. The van der Waals surface area contributed by atoms with Crippen LogP contribution in [0.5, 0.6) is 0 Å². The Bertz CT molecular complexity index is 731. The fraction of sp³-hybridized carbons (Fsp3) is 0.619. The van der Waals surface area contributed by atoms with Crippen LogP contribution in [0, 0.1) is 0 Å². The van der Waals surface area contributed by atoms with Crippen molar-refractivity contribution < 1.29 is 5.11 Å². The topological polar surface area (TPSA) is 28.4 Å². The lowest BCUT2D eigenvalue weighted by Crippen LogP contribution is -2.35. The minimum absolute atomic E-state index is 0.337. The number of nitrogens with zero attached hydrogens (tertiary/aromatic N) is 2. The Kier molecular flexibility index (Phi) is 5.35. The number of hydrogen-bond donors (Lipinski definition) is 1. The lowest BCUT2D eigenvalue weighted by molar-refractivity contribution is 0.0999. The summed E-state index contributed by atoms with van der Waals surface area (Å²) in [6.07, 6.45) is 9.60. The van der Waals surface area contributed by atoms with Crippen LogP contribution in [0.25, 0.3) is 10.9 Å². The molecule has 1 fully saturated rings. The summed E-state index contributed by atoms with van der Waals surface area (Å²) in [5, 5.41) is 12.9. The number of hydrogen-bond acceptors (Lipinski definition) is 2. The van der Waals surface area contributed by atoms with Crippen LogP contribution in [0.3, 0.4) is 0 Å². The second-order valence-corrected chi connectivity index (χ2v) is 8.15. The van der Waals surface area contributed by atoms with Crippen molar-refractivity contribution in [1.82, 2.24) is 9.47 Å². The Morgan fingerprint density at radius 3 is 2.52 bits per heavy atom. The van der Waals surface area contributed by atoms with E-state index in [0.717, 1.165) is 43.0 Å². The predicted octanol–water partition coefficient (Wildman–Crippen LogP) is 4.41. The van der Waals surface area contributed by atoms with E-state index < -0.39 is 0 Å². The van der Waals surface area contributed by atoms with E-state index in [-0.39, 0.29) is 6.10 Å². The van der Waals surface area contributed by atoms with Crippen LogP contribution in [-0.4, -0.2) is 40.3 Å². The molecule has 3 nitrogen and oxygen atoms in total. The van der Waals surface area contributed by atoms with Gasteiger partial charge in [-0.2, -0.15) is 0 Å². The fourth-order valence-electron chi connectivity index (χ4n) is 4.73. The largest absolute Gasteiger partial charge is 0.390 e. The maximum absolute atomic E-state index is 10.8. The molecule has 25 heavy (non-hydrogen) atoms. The van der Waals surface area contributed by atoms with Gasteiger partial charge in [-0.05, 0) is 63.2 Å². The lowest BCUT2D eigenvalue weighted by Gasteiger charge is -2.25. The molecule has 0 radical (unpaired) electrons. The molecule has 2 aliphatic rings. The van der Waals surface area contributed by atoms with E-state index in [2.05, 4.69) is 21.6 Å². The predicted molar refractivity (Wildman–Crippen MR) is 105 cm³/mol. The summed E-state index contributed by atoms with van der Waals surface area (Å²) >= 11 is 6.57. The van der Waals surface area contributed by atoms with Gasteiger partial charge in [-0.15, -0.1) is 0 Å². The molecule has 1 aliphatic heterocycles. The number of aliphatic hydroxyl groups is 1. The third kappa shape index (κ3) is 3.60. The number of aliphatic hydroxyl groups excluding tert-OH is 1. The van der Waals surface area contributed by atoms with Crippen LogP contribution in [0.2, 0.25) is 5.02 Å². The number of aromatic nitrogens is 1. The molecular weight excluding hydrogens is 332 g/mol. The third-order valence-corrected chi connectivity index (χ3v) is 6.21. The first kappa shape index (κ1) is 17.4. The van der Waals surface area contributed by atoms with E-state index >= 15 is 0 Å². The highest BCUT2D eigenvalue weighted by Gasteiger charge is 2.23. The van der Waals surface area contributed by atoms with E-state index in [9.17, 15) is 5.11 Å². The molecule has 4 heteroatoms. The Hall–Kier alpha value is -1.03. The van der Waals surface area contributed by atoms with E-state index in [1.54, 1.807) is 0 Å². The maximum atomic E-state index is 10.8. The zero-order chi connectivity index (χ0) is 17.2. The normalized spacial score (nSPS) is 20.4. The molecule has 0 unspecified atom stereocenters. The molecule has 136 valence electrons. The second kappa shape index (κ2) is 7.69. The number of halogens is 1. The zero-order valence-corrected chi connectivity index (χ0v) is 15.8. The molecule has 2 aromatic rings. The summed E-state index contributed by atoms with van der Waals surface area (Å²) < 4.78 is 2.33. The second-order valence-electron chi connectivity index (χ2n) is 7.75. The van der Waals surface area contributed by atoms with Gasteiger partial charge in [-0.1, -0.05) is 36.6 Å². The van der Waals surface area contributed by atoms with E-state index in [4.69, 9.17) is 11.6 Å². The molecule has 0 amide bonds. The Balaban J connectivity index is 1.60. The average Bonchev–Trinajstić information content (AvgIpc) is 2.76. The highest BCUT2D eigenvalue weighted by molar-refractivity contribution is 6.35. The molecule has 1 aromatic carbocycles. The van der Waals surface area contributed by atoms with Crippen molar-refractivity contribution in [2.45, 2.75) is 64.0 Å². The SMILES string of the molecule is O[C@@H](CN1CCCCCC1)Cn1c2c(c3cccc(Cl)c31)CCCC2. The van der Waals surface area contributed by atoms with E-state index in [1.165, 1.54) is 55.2 Å². The van der Waals surface area contributed by atoms with Gasteiger partial charge in [0.1, 0.15) is 0 Å². The van der Waals surface area contributed by atoms with Gasteiger partial charge in [-0.25, -0.2) is 0 Å². The van der Waals surface area contributed by atoms with Crippen molar-refractivity contribution in [3.63, 3.8) is 0 Å². The number of para-hydroxylation sites is 1. The number of β-amino-alcohol motifs (C(OH)–C–C–N with tert-alkyl or cyclic N) is 1. The monoisotopic (exact) mass is 360 g/mol. The summed E-state index contributed by atoms with van der Waals surface area (Å²) in [4.78, 5) is 2.44. The molecular formula is C21H29ClN2O. The summed E-state index contributed by atoms with van der Waals surface area (Å²) in [7, 11) is 0. The summed E-state index contributed by atoms with van der Waals surface area (Å²) in [5.74, 6) is 0. The smallest absolute Gasteiger partial charge is 0.0845 e. The van der Waals surface area contributed by atoms with Crippen LogP contribution in [0.1, 0.15) is 49.8 Å². The van der Waals surface area contributed by atoms with Crippen molar-refractivity contribution in [2.24, 2.45) is 0 Å². The Morgan fingerprint density at radius 1 is 0.960 bits per heavy atom. The van der Waals surface area contributed by atoms with Gasteiger partial charge in [-0.3, -0.25) is 0 Å². The average molecular weight is 361 g/mol. The molecule has 0 bridgehead atoms. The first-order valence-corrected chi connectivity index (χ1v) is 10.3. The van der Waals surface area contributed by atoms with Crippen molar-refractivity contribution in [1.29, 1.82) is 0 Å². The lowest BCUT2D eigenvalue weighted by atomic mass is 9.95. The number of likely N-dealkylation sites (tertiary alicyclic amines) is 1. The van der Waals surface area contributed by atoms with Gasteiger partial charge in [0.05, 0.1) is 23.2 Å². The van der Waals surface area contributed by atoms with Crippen LogP contribution in [-0.2, 0) is 19.4 Å². The minimum atomic E-state index is -0.337. The Morgan fingerprint density at radius 2 is 1.72 bits per heavy atom. The quantitative estimate of drug-likeness (QED) is 0.874. The van der Waals surface area contributed by atoms with Gasteiger partial charge in [0.15, 0.2) is 0 Å². The third-order valence-electron chi connectivity index (χ3n) is 5.91. The number of aryl methyl sites for hydroxylation is 1. The first-order valence-electron chi connectivity index (χ1n) is 9.93. The van der Waals surface area contributed by atoms with E-state index in [0.29, 0.717) is 6.54 Å². The molecule has 2 heterocycles. The standard InChI is InChI=1S/C21H29ClN2O/c22-19-10-7-9-18-17-8-3-4-11-20(17)24(21(18)19)15-16(25)14-23-12-5-1-2-6-13-23/h7,9-10,16,25H,1-6,8,11-15H2/t16-/m0/s1. The van der Waals surface area contributed by atoms with Gasteiger partial charge >= 0.3 is 0 Å². The molecule has 0 saturated carbocycles. The van der Waals surface area contributed by atoms with Gasteiger partial charge in [0.25, 0.3) is 0 Å². The van der Waals surface area contributed by atoms with Crippen molar-refractivity contribution in [3.8, 4) is 0 Å². The molecule has 1 aromatic heterocycles. The molecule has 4 rings (SSSR count). The van der Waals surface area contributed by atoms with Gasteiger partial charge in [0, 0.05) is 17.6 Å². The van der Waals surface area contributed by atoms with Gasteiger partial charge in [0.2, 0.25) is 0 Å². The van der Waals surface area contributed by atoms with Crippen LogP contribution < -0.4 is 0 Å².